The molecule has 0 radical (unpaired) electrons. The molecule has 2 rings (SSSR count). The minimum Gasteiger partial charge on any atom is -0.452 e. The smallest absolute Gasteiger partial charge is 0.331 e. The van der Waals surface area contributed by atoms with Gasteiger partial charge in [0.15, 0.2) is 6.61 Å². The van der Waals surface area contributed by atoms with E-state index in [1.807, 2.05) is 38.1 Å². The Hall–Kier alpha value is -2.72. The second kappa shape index (κ2) is 7.90. The molecule has 0 spiro atoms. The molecule has 0 unspecified atom stereocenters. The van der Waals surface area contributed by atoms with E-state index in [2.05, 4.69) is 16.4 Å². The standard InChI is InChI=1S/C18H19N3O3S/c1-12(2)18(3,11-19)21-15(22)10-24-17(23)9-8-16-20-13-6-4-5-7-14(13)25-16/h4-9,12H,10H2,1-3H3,(H,21,22)/b9-8+/t18-/m1/s1. The molecule has 1 aromatic heterocycles. The van der Waals surface area contributed by atoms with Gasteiger partial charge in [0.1, 0.15) is 10.5 Å². The average Bonchev–Trinajstić information content (AvgIpc) is 3.00. The fraction of sp³-hybridized carbons (Fsp3) is 0.333. The second-order valence-corrected chi connectivity index (χ2v) is 7.04. The van der Waals surface area contributed by atoms with Crippen molar-refractivity contribution >= 4 is 39.5 Å². The Bertz CT molecular complexity index is 818. The summed E-state index contributed by atoms with van der Waals surface area (Å²) in [5.74, 6) is -1.23. The van der Waals surface area contributed by atoms with Crippen LogP contribution in [0.25, 0.3) is 16.3 Å². The quantitative estimate of drug-likeness (QED) is 0.634. The van der Waals surface area contributed by atoms with Crippen LogP contribution in [0, 0.1) is 17.2 Å². The lowest BCUT2D eigenvalue weighted by atomic mass is 9.90. The van der Waals surface area contributed by atoms with Gasteiger partial charge in [0.05, 0.1) is 16.3 Å². The van der Waals surface area contributed by atoms with Gasteiger partial charge in [-0.25, -0.2) is 9.78 Å². The zero-order chi connectivity index (χ0) is 18.4. The predicted octanol–water partition coefficient (Wildman–Crippen LogP) is 2.91. The van der Waals surface area contributed by atoms with Gasteiger partial charge in [-0.3, -0.25) is 4.79 Å². The molecule has 0 bridgehead atoms. The van der Waals surface area contributed by atoms with Crippen molar-refractivity contribution in [1.82, 2.24) is 10.3 Å². The van der Waals surface area contributed by atoms with Crippen molar-refractivity contribution in [3.05, 3.63) is 35.3 Å². The Morgan fingerprint density at radius 1 is 1.44 bits per heavy atom. The average molecular weight is 357 g/mol. The van der Waals surface area contributed by atoms with Crippen molar-refractivity contribution in [2.75, 3.05) is 6.61 Å². The van der Waals surface area contributed by atoms with Gasteiger partial charge in [-0.05, 0) is 31.1 Å². The highest BCUT2D eigenvalue weighted by molar-refractivity contribution is 7.19. The summed E-state index contributed by atoms with van der Waals surface area (Å²) < 4.78 is 5.93. The number of nitrogens with one attached hydrogen (secondary N) is 1. The van der Waals surface area contributed by atoms with Crippen molar-refractivity contribution in [2.45, 2.75) is 26.3 Å². The zero-order valence-corrected chi connectivity index (χ0v) is 15.1. The SMILES string of the molecule is CC(C)[C@@](C)(C#N)NC(=O)COC(=O)/C=C/c1nc2ccccc2s1. The lowest BCUT2D eigenvalue weighted by Crippen LogP contribution is -2.50. The highest BCUT2D eigenvalue weighted by Crippen LogP contribution is 2.22. The number of nitriles is 1. The van der Waals surface area contributed by atoms with Gasteiger partial charge >= 0.3 is 5.97 Å². The van der Waals surface area contributed by atoms with Crippen LogP contribution in [0.2, 0.25) is 0 Å². The molecule has 1 amide bonds. The minimum absolute atomic E-state index is 0.0731. The third-order valence-corrected chi connectivity index (χ3v) is 4.81. The molecule has 0 saturated carbocycles. The molecule has 1 N–H and O–H groups in total. The van der Waals surface area contributed by atoms with Gasteiger partial charge in [0, 0.05) is 6.08 Å². The Balaban J connectivity index is 1.88. The number of benzene rings is 1. The van der Waals surface area contributed by atoms with Crippen LogP contribution < -0.4 is 5.32 Å². The molecule has 0 aliphatic carbocycles. The summed E-state index contributed by atoms with van der Waals surface area (Å²) in [4.78, 5) is 27.9. The van der Waals surface area contributed by atoms with Gasteiger partial charge in [-0.1, -0.05) is 26.0 Å². The number of fused-ring (bicyclic) bond motifs is 1. The second-order valence-electron chi connectivity index (χ2n) is 5.98. The van der Waals surface area contributed by atoms with E-state index in [-0.39, 0.29) is 5.92 Å². The lowest BCUT2D eigenvalue weighted by Gasteiger charge is -2.27. The minimum atomic E-state index is -1.000. The van der Waals surface area contributed by atoms with Crippen LogP contribution in [-0.2, 0) is 14.3 Å². The van der Waals surface area contributed by atoms with Crippen LogP contribution in [-0.4, -0.2) is 29.0 Å². The molecule has 130 valence electrons. The molecule has 1 heterocycles. The van der Waals surface area contributed by atoms with E-state index in [0.29, 0.717) is 5.01 Å². The third-order valence-electron chi connectivity index (χ3n) is 3.80. The van der Waals surface area contributed by atoms with E-state index < -0.39 is 24.0 Å². The predicted molar refractivity (Wildman–Crippen MR) is 96.6 cm³/mol. The van der Waals surface area contributed by atoms with Crippen LogP contribution in [0.1, 0.15) is 25.8 Å². The van der Waals surface area contributed by atoms with Gasteiger partial charge < -0.3 is 10.1 Å². The molecule has 1 aromatic carbocycles. The summed E-state index contributed by atoms with van der Waals surface area (Å²) in [5, 5.41) is 12.4. The third kappa shape index (κ3) is 4.88. The van der Waals surface area contributed by atoms with E-state index in [0.717, 1.165) is 10.2 Å². The Labute approximate surface area is 150 Å². The molecular formula is C18H19N3O3S. The van der Waals surface area contributed by atoms with Crippen molar-refractivity contribution < 1.29 is 14.3 Å². The lowest BCUT2D eigenvalue weighted by molar-refractivity contribution is -0.144. The van der Waals surface area contributed by atoms with Crippen molar-refractivity contribution in [3.63, 3.8) is 0 Å². The first-order chi connectivity index (χ1) is 11.8. The number of rotatable bonds is 6. The van der Waals surface area contributed by atoms with Gasteiger partial charge in [-0.2, -0.15) is 5.26 Å². The Kier molecular flexibility index (Phi) is 5.88. The first-order valence-corrected chi connectivity index (χ1v) is 8.58. The van der Waals surface area contributed by atoms with Gasteiger partial charge in [0.2, 0.25) is 0 Å². The zero-order valence-electron chi connectivity index (χ0n) is 14.3. The molecule has 7 heteroatoms. The highest BCUT2D eigenvalue weighted by atomic mass is 32.1. The monoisotopic (exact) mass is 357 g/mol. The summed E-state index contributed by atoms with van der Waals surface area (Å²) >= 11 is 1.46. The summed E-state index contributed by atoms with van der Waals surface area (Å²) in [5.41, 5.74) is -0.135. The molecule has 2 aromatic rings. The van der Waals surface area contributed by atoms with E-state index in [1.165, 1.54) is 17.4 Å². The number of hydrogen-bond acceptors (Lipinski definition) is 6. The van der Waals surface area contributed by atoms with Crippen LogP contribution in [0.4, 0.5) is 0 Å². The van der Waals surface area contributed by atoms with Crippen LogP contribution in [0.15, 0.2) is 30.3 Å². The number of carbonyl (C=O) groups excluding carboxylic acids is 2. The van der Waals surface area contributed by atoms with Gasteiger partial charge in [-0.15, -0.1) is 11.3 Å². The van der Waals surface area contributed by atoms with E-state index >= 15 is 0 Å². The molecule has 0 fully saturated rings. The summed E-state index contributed by atoms with van der Waals surface area (Å²) in [6.45, 7) is 4.85. The molecule has 0 aliphatic heterocycles. The maximum atomic E-state index is 11.8. The largest absolute Gasteiger partial charge is 0.452 e. The number of nitrogens with zero attached hydrogens (tertiary/aromatic N) is 2. The van der Waals surface area contributed by atoms with Crippen molar-refractivity contribution in [1.29, 1.82) is 5.26 Å². The molecule has 1 atom stereocenters. The highest BCUT2D eigenvalue weighted by Gasteiger charge is 2.30. The van der Waals surface area contributed by atoms with Crippen molar-refractivity contribution in [2.24, 2.45) is 5.92 Å². The molecule has 25 heavy (non-hydrogen) atoms. The number of thiazole rings is 1. The maximum absolute atomic E-state index is 11.8. The molecule has 6 nitrogen and oxygen atoms in total. The number of ether oxygens (including phenoxy) is 1. The topological polar surface area (TPSA) is 92.1 Å². The number of hydrogen-bond donors (Lipinski definition) is 1. The number of aromatic nitrogens is 1. The van der Waals surface area contributed by atoms with Crippen LogP contribution in [0.5, 0.6) is 0 Å². The number of amides is 1. The van der Waals surface area contributed by atoms with Crippen LogP contribution in [0.3, 0.4) is 0 Å². The summed E-state index contributed by atoms with van der Waals surface area (Å²) in [6, 6.07) is 9.73. The Morgan fingerprint density at radius 2 is 2.16 bits per heavy atom. The van der Waals surface area contributed by atoms with Crippen molar-refractivity contribution in [3.8, 4) is 6.07 Å². The normalized spacial score (nSPS) is 13.6. The number of carbonyl (C=O) groups is 2. The van der Waals surface area contributed by atoms with E-state index in [1.54, 1.807) is 13.0 Å². The molecule has 0 saturated heterocycles. The summed E-state index contributed by atoms with van der Waals surface area (Å²) in [6.07, 6.45) is 2.79. The first-order valence-electron chi connectivity index (χ1n) is 7.77. The maximum Gasteiger partial charge on any atom is 0.331 e. The molecular weight excluding hydrogens is 338 g/mol. The fourth-order valence-electron chi connectivity index (χ4n) is 1.91. The number of para-hydroxylation sites is 1. The van der Waals surface area contributed by atoms with Gasteiger partial charge in [0.25, 0.3) is 5.91 Å². The Morgan fingerprint density at radius 3 is 2.80 bits per heavy atom. The fourth-order valence-corrected chi connectivity index (χ4v) is 2.78. The molecule has 0 aliphatic rings. The van der Waals surface area contributed by atoms with E-state index in [9.17, 15) is 9.59 Å². The van der Waals surface area contributed by atoms with E-state index in [4.69, 9.17) is 10.00 Å². The summed E-state index contributed by atoms with van der Waals surface area (Å²) in [7, 11) is 0. The number of esters is 1. The first kappa shape index (κ1) is 18.6. The van der Waals surface area contributed by atoms with Crippen LogP contribution >= 0.6 is 11.3 Å².